The maximum absolute atomic E-state index is 10.9. The fourth-order valence-corrected chi connectivity index (χ4v) is 2.50. The normalized spacial score (nSPS) is 11.6. The molecule has 0 unspecified atom stereocenters. The molecule has 1 N–H and O–H groups in total. The standard InChI is InChI=1S/C14H17BrO2/c1-3-4-7-11(9-13(16)17)14-10(2)6-5-8-12(14)15/h5-8H,3-4,9H2,1-2H3,(H,16,17)/b11-7-. The number of aliphatic carboxylic acids is 1. The zero-order valence-corrected chi connectivity index (χ0v) is 11.8. The molecule has 0 amide bonds. The number of hydrogen-bond donors (Lipinski definition) is 1. The van der Waals surface area contributed by atoms with Gasteiger partial charge in [-0.3, -0.25) is 4.79 Å². The summed E-state index contributed by atoms with van der Waals surface area (Å²) < 4.78 is 0.959. The molecular weight excluding hydrogens is 280 g/mol. The Morgan fingerprint density at radius 1 is 1.47 bits per heavy atom. The van der Waals surface area contributed by atoms with Crippen LogP contribution in [0.1, 0.15) is 37.3 Å². The smallest absolute Gasteiger partial charge is 0.307 e. The number of carbonyl (C=O) groups is 1. The maximum Gasteiger partial charge on any atom is 0.307 e. The van der Waals surface area contributed by atoms with Gasteiger partial charge in [0.05, 0.1) is 6.42 Å². The second-order valence-corrected chi connectivity index (χ2v) is 4.87. The van der Waals surface area contributed by atoms with Crippen molar-refractivity contribution < 1.29 is 9.90 Å². The van der Waals surface area contributed by atoms with Crippen LogP contribution in [0.25, 0.3) is 5.57 Å². The molecule has 0 fully saturated rings. The van der Waals surface area contributed by atoms with Crippen LogP contribution in [0.15, 0.2) is 28.7 Å². The van der Waals surface area contributed by atoms with Crippen LogP contribution in [-0.4, -0.2) is 11.1 Å². The van der Waals surface area contributed by atoms with Crippen molar-refractivity contribution in [3.8, 4) is 0 Å². The number of carboxylic acids is 1. The predicted octanol–water partition coefficient (Wildman–Crippen LogP) is 4.42. The Morgan fingerprint density at radius 3 is 2.71 bits per heavy atom. The van der Waals surface area contributed by atoms with Gasteiger partial charge >= 0.3 is 5.97 Å². The van der Waals surface area contributed by atoms with Crippen molar-refractivity contribution in [2.75, 3.05) is 0 Å². The molecule has 0 heterocycles. The van der Waals surface area contributed by atoms with Crippen LogP contribution in [0.5, 0.6) is 0 Å². The largest absolute Gasteiger partial charge is 0.481 e. The molecule has 1 aromatic rings. The van der Waals surface area contributed by atoms with E-state index >= 15 is 0 Å². The van der Waals surface area contributed by atoms with Gasteiger partial charge in [0.25, 0.3) is 0 Å². The molecule has 0 aromatic heterocycles. The first-order valence-electron chi connectivity index (χ1n) is 5.72. The van der Waals surface area contributed by atoms with Crippen LogP contribution in [0.2, 0.25) is 0 Å². The van der Waals surface area contributed by atoms with Gasteiger partial charge in [0.2, 0.25) is 0 Å². The lowest BCUT2D eigenvalue weighted by Gasteiger charge is -2.11. The molecule has 0 spiro atoms. The van der Waals surface area contributed by atoms with E-state index in [1.54, 1.807) is 0 Å². The third kappa shape index (κ3) is 4.00. The first-order valence-corrected chi connectivity index (χ1v) is 6.51. The number of unbranched alkanes of at least 4 members (excludes halogenated alkanes) is 1. The van der Waals surface area contributed by atoms with Gasteiger partial charge in [-0.1, -0.05) is 47.5 Å². The van der Waals surface area contributed by atoms with E-state index in [1.165, 1.54) is 0 Å². The van der Waals surface area contributed by atoms with Crippen LogP contribution in [0, 0.1) is 6.92 Å². The van der Waals surface area contributed by atoms with Gasteiger partial charge in [-0.25, -0.2) is 0 Å². The molecule has 1 aromatic carbocycles. The van der Waals surface area contributed by atoms with Gasteiger partial charge in [0.15, 0.2) is 0 Å². The molecule has 0 saturated carbocycles. The van der Waals surface area contributed by atoms with Crippen LogP contribution < -0.4 is 0 Å². The summed E-state index contributed by atoms with van der Waals surface area (Å²) in [6, 6.07) is 5.91. The molecule has 0 bridgehead atoms. The number of halogens is 1. The minimum absolute atomic E-state index is 0.0729. The van der Waals surface area contributed by atoms with Crippen molar-refractivity contribution in [3.05, 3.63) is 39.9 Å². The lowest BCUT2D eigenvalue weighted by molar-refractivity contribution is -0.135. The van der Waals surface area contributed by atoms with E-state index in [9.17, 15) is 4.79 Å². The molecule has 1 rings (SSSR count). The van der Waals surface area contributed by atoms with E-state index in [1.807, 2.05) is 31.2 Å². The summed E-state index contributed by atoms with van der Waals surface area (Å²) >= 11 is 3.50. The Morgan fingerprint density at radius 2 is 2.18 bits per heavy atom. The number of aryl methyl sites for hydroxylation is 1. The molecule has 0 saturated heterocycles. The van der Waals surface area contributed by atoms with Gasteiger partial charge in [-0.05, 0) is 36.1 Å². The summed E-state index contributed by atoms with van der Waals surface area (Å²) in [6.07, 6.45) is 4.03. The summed E-state index contributed by atoms with van der Waals surface area (Å²) in [7, 11) is 0. The summed E-state index contributed by atoms with van der Waals surface area (Å²) in [5.41, 5.74) is 3.01. The van der Waals surface area contributed by atoms with Crippen molar-refractivity contribution in [2.45, 2.75) is 33.1 Å². The first kappa shape index (κ1) is 14.0. The fourth-order valence-electron chi connectivity index (χ4n) is 1.78. The second kappa shape index (κ2) is 6.60. The highest BCUT2D eigenvalue weighted by atomic mass is 79.9. The average Bonchev–Trinajstić information content (AvgIpc) is 2.24. The monoisotopic (exact) mass is 296 g/mol. The van der Waals surface area contributed by atoms with E-state index in [0.717, 1.165) is 34.0 Å². The van der Waals surface area contributed by atoms with Gasteiger partial charge in [-0.15, -0.1) is 0 Å². The molecule has 0 aliphatic rings. The van der Waals surface area contributed by atoms with E-state index in [-0.39, 0.29) is 6.42 Å². The quantitative estimate of drug-likeness (QED) is 0.873. The molecule has 0 aliphatic carbocycles. The molecule has 3 heteroatoms. The highest BCUT2D eigenvalue weighted by molar-refractivity contribution is 9.10. The van der Waals surface area contributed by atoms with Crippen LogP contribution in [0.3, 0.4) is 0 Å². The zero-order valence-electron chi connectivity index (χ0n) is 10.2. The molecule has 0 aliphatic heterocycles. The number of carboxylic acid groups (broad SMARTS) is 1. The lowest BCUT2D eigenvalue weighted by Crippen LogP contribution is -1.99. The van der Waals surface area contributed by atoms with Crippen molar-refractivity contribution in [3.63, 3.8) is 0 Å². The maximum atomic E-state index is 10.9. The van der Waals surface area contributed by atoms with E-state index in [4.69, 9.17) is 5.11 Å². The summed E-state index contributed by atoms with van der Waals surface area (Å²) in [6.45, 7) is 4.09. The van der Waals surface area contributed by atoms with Gasteiger partial charge in [-0.2, -0.15) is 0 Å². The van der Waals surface area contributed by atoms with Gasteiger partial charge in [0.1, 0.15) is 0 Å². The molecule has 2 nitrogen and oxygen atoms in total. The van der Waals surface area contributed by atoms with Crippen molar-refractivity contribution in [2.24, 2.45) is 0 Å². The highest BCUT2D eigenvalue weighted by Crippen LogP contribution is 2.30. The number of hydrogen-bond acceptors (Lipinski definition) is 1. The zero-order chi connectivity index (χ0) is 12.8. The minimum Gasteiger partial charge on any atom is -0.481 e. The number of rotatable bonds is 5. The van der Waals surface area contributed by atoms with Crippen molar-refractivity contribution >= 4 is 27.5 Å². The molecule has 0 atom stereocenters. The van der Waals surface area contributed by atoms with Gasteiger partial charge < -0.3 is 5.11 Å². The Balaban J connectivity index is 3.17. The van der Waals surface area contributed by atoms with Crippen LogP contribution in [-0.2, 0) is 4.79 Å². The van der Waals surface area contributed by atoms with Crippen LogP contribution >= 0.6 is 15.9 Å². The lowest BCUT2D eigenvalue weighted by atomic mass is 9.97. The summed E-state index contributed by atoms with van der Waals surface area (Å²) in [5.74, 6) is -0.789. The van der Waals surface area contributed by atoms with Crippen LogP contribution in [0.4, 0.5) is 0 Å². The Kier molecular flexibility index (Phi) is 5.42. The fraction of sp³-hybridized carbons (Fsp3) is 0.357. The molecule has 92 valence electrons. The van der Waals surface area contributed by atoms with Gasteiger partial charge in [0, 0.05) is 4.47 Å². The first-order chi connectivity index (χ1) is 8.06. The number of allylic oxidation sites excluding steroid dienone is 1. The molecule has 0 radical (unpaired) electrons. The average molecular weight is 297 g/mol. The SMILES string of the molecule is CCC/C=C(/CC(=O)O)c1c(C)cccc1Br. The van der Waals surface area contributed by atoms with E-state index < -0.39 is 5.97 Å². The highest BCUT2D eigenvalue weighted by Gasteiger charge is 2.12. The van der Waals surface area contributed by atoms with Crippen molar-refractivity contribution in [1.29, 1.82) is 0 Å². The Labute approximate surface area is 110 Å². The Bertz CT molecular complexity index is 416. The third-order valence-electron chi connectivity index (χ3n) is 2.56. The summed E-state index contributed by atoms with van der Waals surface area (Å²) in [4.78, 5) is 10.9. The summed E-state index contributed by atoms with van der Waals surface area (Å²) in [5, 5.41) is 8.97. The Hall–Kier alpha value is -1.09. The second-order valence-electron chi connectivity index (χ2n) is 4.02. The topological polar surface area (TPSA) is 37.3 Å². The molecule has 17 heavy (non-hydrogen) atoms. The number of benzene rings is 1. The van der Waals surface area contributed by atoms with E-state index in [2.05, 4.69) is 22.9 Å². The minimum atomic E-state index is -0.789. The van der Waals surface area contributed by atoms with E-state index in [0.29, 0.717) is 0 Å². The molecular formula is C14H17BrO2. The third-order valence-corrected chi connectivity index (χ3v) is 3.22. The van der Waals surface area contributed by atoms with Crippen molar-refractivity contribution in [1.82, 2.24) is 0 Å². The predicted molar refractivity (Wildman–Crippen MR) is 74.0 cm³/mol.